The van der Waals surface area contributed by atoms with E-state index in [9.17, 15) is 9.90 Å². The van der Waals surface area contributed by atoms with Crippen LogP contribution in [0, 0.1) is 18.8 Å². The van der Waals surface area contributed by atoms with E-state index >= 15 is 9.59 Å². The molecular weight excluding hydrogens is 638 g/mol. The van der Waals surface area contributed by atoms with Crippen LogP contribution in [0.15, 0.2) is 104 Å². The van der Waals surface area contributed by atoms with Crippen molar-refractivity contribution in [3.8, 4) is 0 Å². The van der Waals surface area contributed by atoms with Gasteiger partial charge in [0.05, 0.1) is 40.8 Å². The molecule has 0 aromatic heterocycles. The van der Waals surface area contributed by atoms with Gasteiger partial charge < -0.3 is 24.5 Å². The molecule has 3 saturated heterocycles. The van der Waals surface area contributed by atoms with Crippen LogP contribution in [0.2, 0.25) is 5.02 Å². The van der Waals surface area contributed by atoms with E-state index < -0.39 is 35.1 Å². The van der Waals surface area contributed by atoms with Crippen molar-refractivity contribution < 1.29 is 24.2 Å². The Morgan fingerprint density at radius 3 is 2.24 bits per heavy atom. The predicted octanol–water partition coefficient (Wildman–Crippen LogP) is 5.75. The molecule has 0 aliphatic carbocycles. The number of carbonyl (C=O) groups is 3. The zero-order valence-corrected chi connectivity index (χ0v) is 28.9. The molecule has 3 aliphatic heterocycles. The molecule has 0 saturated carbocycles. The highest BCUT2D eigenvalue weighted by molar-refractivity contribution is 6.34. The van der Waals surface area contributed by atoms with Gasteiger partial charge in [0, 0.05) is 19.6 Å². The number of aliphatic hydroxyl groups is 1. The lowest BCUT2D eigenvalue weighted by molar-refractivity contribution is -0.152. The van der Waals surface area contributed by atoms with Crippen LogP contribution in [-0.2, 0) is 32.1 Å². The number of benzene rings is 3. The number of para-hydroxylation sites is 1. The van der Waals surface area contributed by atoms with Crippen molar-refractivity contribution in [2.24, 2.45) is 11.8 Å². The molecule has 1 spiro atoms. The van der Waals surface area contributed by atoms with E-state index in [1.165, 1.54) is 4.90 Å². The topological polar surface area (TPSA) is 90.4 Å². The van der Waals surface area contributed by atoms with Gasteiger partial charge in [-0.1, -0.05) is 96.5 Å². The third kappa shape index (κ3) is 6.00. The summed E-state index contributed by atoms with van der Waals surface area (Å²) in [6.45, 7) is 12.0. The van der Waals surface area contributed by atoms with Crippen molar-refractivity contribution in [2.45, 2.75) is 62.9 Å². The highest BCUT2D eigenvalue weighted by Crippen LogP contribution is 2.64. The molecule has 0 radical (unpaired) electrons. The SMILES string of the molecule is C=CCN(Cc1ccccc1)C(=O)[C@H]1[C@H]2C(=O)N([C@@H](CO)Cc3ccccc3)C(C(=O)N(CC=C)c3c(C)cccc3Cl)C23CC[C@]1(C)O3. The summed E-state index contributed by atoms with van der Waals surface area (Å²) in [5.41, 5.74) is 0.895. The van der Waals surface area contributed by atoms with Crippen molar-refractivity contribution in [1.29, 1.82) is 0 Å². The summed E-state index contributed by atoms with van der Waals surface area (Å²) in [6, 6.07) is 22.8. The Labute approximate surface area is 293 Å². The number of aliphatic hydroxyl groups excluding tert-OH is 1. The number of amides is 3. The van der Waals surface area contributed by atoms with Gasteiger partial charge in [-0.05, 0) is 55.9 Å². The smallest absolute Gasteiger partial charge is 0.253 e. The zero-order chi connectivity index (χ0) is 34.9. The van der Waals surface area contributed by atoms with E-state index in [1.54, 1.807) is 28.0 Å². The Kier molecular flexibility index (Phi) is 9.85. The Bertz CT molecular complexity index is 1710. The van der Waals surface area contributed by atoms with Gasteiger partial charge >= 0.3 is 0 Å². The highest BCUT2D eigenvalue weighted by atomic mass is 35.5. The second-order valence-electron chi connectivity index (χ2n) is 13.6. The molecule has 9 heteroatoms. The number of likely N-dealkylation sites (tertiary alicyclic amines) is 1. The summed E-state index contributed by atoms with van der Waals surface area (Å²) in [7, 11) is 0. The highest BCUT2D eigenvalue weighted by Gasteiger charge is 2.79. The molecule has 6 rings (SSSR count). The van der Waals surface area contributed by atoms with Crippen molar-refractivity contribution in [3.63, 3.8) is 0 Å². The lowest BCUT2D eigenvalue weighted by Crippen LogP contribution is -2.59. The van der Waals surface area contributed by atoms with Gasteiger partial charge in [0.25, 0.3) is 5.91 Å². The molecule has 8 nitrogen and oxygen atoms in total. The average Bonchev–Trinajstić information content (AvgIpc) is 3.67. The first-order chi connectivity index (χ1) is 23.6. The fraction of sp³-hybridized carbons (Fsp3) is 0.375. The molecule has 3 aliphatic rings. The number of ether oxygens (including phenoxy) is 1. The molecule has 3 amide bonds. The van der Waals surface area contributed by atoms with E-state index in [0.29, 0.717) is 36.5 Å². The van der Waals surface area contributed by atoms with Crippen molar-refractivity contribution >= 4 is 35.0 Å². The van der Waals surface area contributed by atoms with E-state index in [4.69, 9.17) is 16.3 Å². The van der Waals surface area contributed by atoms with E-state index in [0.717, 1.165) is 16.7 Å². The van der Waals surface area contributed by atoms with Crippen molar-refractivity contribution in [3.05, 3.63) is 126 Å². The van der Waals surface area contributed by atoms with Gasteiger partial charge in [-0.2, -0.15) is 0 Å². The van der Waals surface area contributed by atoms with Crippen molar-refractivity contribution in [1.82, 2.24) is 9.80 Å². The molecule has 256 valence electrons. The molecule has 49 heavy (non-hydrogen) atoms. The third-order valence-corrected chi connectivity index (χ3v) is 10.9. The van der Waals surface area contributed by atoms with Crippen LogP contribution in [0.3, 0.4) is 0 Å². The molecule has 3 aromatic carbocycles. The van der Waals surface area contributed by atoms with E-state index in [1.807, 2.05) is 86.6 Å². The average molecular weight is 682 g/mol. The quantitative estimate of drug-likeness (QED) is 0.232. The first-order valence-corrected chi connectivity index (χ1v) is 17.3. The largest absolute Gasteiger partial charge is 0.394 e. The number of hydrogen-bond donors (Lipinski definition) is 1. The van der Waals surface area contributed by atoms with Crippen LogP contribution in [0.1, 0.15) is 36.5 Å². The summed E-state index contributed by atoms with van der Waals surface area (Å²) in [5.74, 6) is -2.74. The summed E-state index contributed by atoms with van der Waals surface area (Å²) in [4.78, 5) is 49.8. The third-order valence-electron chi connectivity index (χ3n) is 10.5. The second kappa shape index (κ2) is 13.9. The number of halogens is 1. The molecule has 3 aromatic rings. The summed E-state index contributed by atoms with van der Waals surface area (Å²) >= 11 is 6.74. The molecule has 6 atom stereocenters. The predicted molar refractivity (Wildman–Crippen MR) is 191 cm³/mol. The minimum Gasteiger partial charge on any atom is -0.394 e. The fourth-order valence-corrected chi connectivity index (χ4v) is 8.80. The molecule has 1 N–H and O–H groups in total. The maximum atomic E-state index is 15.2. The second-order valence-corrected chi connectivity index (χ2v) is 14.0. The van der Waals surface area contributed by atoms with Gasteiger partial charge in [0.1, 0.15) is 11.6 Å². The van der Waals surface area contributed by atoms with Crippen LogP contribution < -0.4 is 4.90 Å². The van der Waals surface area contributed by atoms with Gasteiger partial charge in [0.2, 0.25) is 11.8 Å². The summed E-state index contributed by atoms with van der Waals surface area (Å²) in [5, 5.41) is 11.3. The Balaban J connectivity index is 1.47. The maximum absolute atomic E-state index is 15.2. The van der Waals surface area contributed by atoms with Gasteiger partial charge in [-0.3, -0.25) is 14.4 Å². The maximum Gasteiger partial charge on any atom is 0.253 e. The minimum atomic E-state index is -1.30. The minimum absolute atomic E-state index is 0.134. The van der Waals surface area contributed by atoms with Crippen molar-refractivity contribution in [2.75, 3.05) is 24.6 Å². The molecule has 2 unspecified atom stereocenters. The number of anilines is 1. The Morgan fingerprint density at radius 2 is 1.63 bits per heavy atom. The zero-order valence-electron chi connectivity index (χ0n) is 28.1. The van der Waals surface area contributed by atoms with E-state index in [2.05, 4.69) is 13.2 Å². The van der Waals surface area contributed by atoms with Gasteiger partial charge in [0.15, 0.2) is 0 Å². The van der Waals surface area contributed by atoms with Crippen LogP contribution in [-0.4, -0.2) is 75.6 Å². The normalized spacial score (nSPS) is 25.9. The number of hydrogen-bond acceptors (Lipinski definition) is 5. The standard InChI is InChI=1S/C40H44ClN3O5/c1-5-22-42(25-29-17-11-8-12-18-29)36(46)32-33-37(47)44(30(26-45)24-28-15-9-7-10-16-28)35(40(33)21-20-39(32,4)49-40)38(48)43(23-6-2)34-27(3)14-13-19-31(34)41/h5-19,30,32-33,35,45H,1-2,20-26H2,3-4H3/t30-,32-,33+,35?,39+,40?/m1/s1. The number of nitrogens with zero attached hydrogens (tertiary/aromatic N) is 3. The van der Waals surface area contributed by atoms with Crippen LogP contribution in [0.25, 0.3) is 0 Å². The number of rotatable bonds is 13. The van der Waals surface area contributed by atoms with E-state index in [-0.39, 0.29) is 37.4 Å². The van der Waals surface area contributed by atoms with Gasteiger partial charge in [-0.15, -0.1) is 13.2 Å². The van der Waals surface area contributed by atoms with Crippen LogP contribution in [0.4, 0.5) is 5.69 Å². The van der Waals surface area contributed by atoms with Crippen LogP contribution in [0.5, 0.6) is 0 Å². The molecule has 3 heterocycles. The Hall–Kier alpha value is -4.24. The lowest BCUT2D eigenvalue weighted by Gasteiger charge is -2.40. The van der Waals surface area contributed by atoms with Gasteiger partial charge in [-0.25, -0.2) is 0 Å². The number of carbonyl (C=O) groups excluding carboxylic acids is 3. The monoisotopic (exact) mass is 681 g/mol. The summed E-state index contributed by atoms with van der Waals surface area (Å²) in [6.07, 6.45) is 4.52. The Morgan fingerprint density at radius 1 is 0.980 bits per heavy atom. The number of fused-ring (bicyclic) bond motifs is 1. The molecule has 3 fully saturated rings. The molecular formula is C40H44ClN3O5. The first kappa shape index (κ1) is 34.6. The fourth-order valence-electron chi connectivity index (χ4n) is 8.47. The summed E-state index contributed by atoms with van der Waals surface area (Å²) < 4.78 is 6.96. The first-order valence-electron chi connectivity index (χ1n) is 16.9. The number of aryl methyl sites for hydroxylation is 1. The lowest BCUT2D eigenvalue weighted by atomic mass is 9.66. The molecule has 2 bridgehead atoms. The van der Waals surface area contributed by atoms with Crippen LogP contribution >= 0.6 is 11.6 Å².